The fourth-order valence-corrected chi connectivity index (χ4v) is 4.43. The van der Waals surface area contributed by atoms with E-state index < -0.39 is 18.0 Å². The van der Waals surface area contributed by atoms with E-state index in [-0.39, 0.29) is 31.5 Å². The Bertz CT molecular complexity index is 1190. The average molecular weight is 442 g/mol. The Labute approximate surface area is 190 Å². The van der Waals surface area contributed by atoms with E-state index in [2.05, 4.69) is 29.6 Å². The van der Waals surface area contributed by atoms with Crippen molar-refractivity contribution in [2.75, 3.05) is 25.0 Å². The van der Waals surface area contributed by atoms with Gasteiger partial charge in [0.2, 0.25) is 0 Å². The van der Waals surface area contributed by atoms with Gasteiger partial charge in [0, 0.05) is 30.3 Å². The van der Waals surface area contributed by atoms with Gasteiger partial charge >= 0.3 is 12.1 Å². The van der Waals surface area contributed by atoms with Gasteiger partial charge in [-0.1, -0.05) is 48.5 Å². The quantitative estimate of drug-likeness (QED) is 0.617. The summed E-state index contributed by atoms with van der Waals surface area (Å²) in [5.41, 5.74) is 5.57. The summed E-state index contributed by atoms with van der Waals surface area (Å²) < 4.78 is 5.54. The van der Waals surface area contributed by atoms with Crippen molar-refractivity contribution in [2.45, 2.75) is 5.92 Å². The summed E-state index contributed by atoms with van der Waals surface area (Å²) in [7, 11) is 0. The molecule has 166 valence electrons. The molecule has 1 saturated heterocycles. The first-order chi connectivity index (χ1) is 16.0. The molecule has 7 heteroatoms. The number of carboxylic acid groups (broad SMARTS) is 1. The zero-order valence-corrected chi connectivity index (χ0v) is 17.7. The number of hydrogen-bond acceptors (Lipinski definition) is 4. The molecule has 5 rings (SSSR count). The molecule has 0 bridgehead atoms. The number of nitrogens with one attached hydrogen (secondary N) is 1. The fourth-order valence-electron chi connectivity index (χ4n) is 4.43. The van der Waals surface area contributed by atoms with Crippen LogP contribution in [0.4, 0.5) is 10.5 Å². The van der Waals surface area contributed by atoms with Crippen molar-refractivity contribution >= 4 is 23.7 Å². The van der Waals surface area contributed by atoms with Gasteiger partial charge in [0.15, 0.2) is 0 Å². The second kappa shape index (κ2) is 8.43. The molecule has 2 amide bonds. The zero-order chi connectivity index (χ0) is 22.9. The number of rotatable bonds is 5. The molecule has 1 aliphatic carbocycles. The summed E-state index contributed by atoms with van der Waals surface area (Å²) in [4.78, 5) is 37.2. The number of nitrogens with zero attached hydrogens (tertiary/aromatic N) is 1. The van der Waals surface area contributed by atoms with Crippen LogP contribution in [-0.2, 0) is 9.53 Å². The van der Waals surface area contributed by atoms with Crippen molar-refractivity contribution < 1.29 is 24.2 Å². The summed E-state index contributed by atoms with van der Waals surface area (Å²) >= 11 is 0. The molecule has 33 heavy (non-hydrogen) atoms. The van der Waals surface area contributed by atoms with Crippen LogP contribution in [-0.4, -0.2) is 47.7 Å². The predicted molar refractivity (Wildman–Crippen MR) is 122 cm³/mol. The topological polar surface area (TPSA) is 95.9 Å². The highest BCUT2D eigenvalue weighted by atomic mass is 16.5. The minimum atomic E-state index is -0.887. The third kappa shape index (κ3) is 3.93. The highest BCUT2D eigenvalue weighted by molar-refractivity contribution is 5.96. The number of carbonyl (C=O) groups excluding carboxylic acids is 2. The number of hydrogen-bond donors (Lipinski definition) is 2. The van der Waals surface area contributed by atoms with Crippen LogP contribution in [0.2, 0.25) is 0 Å². The molecule has 0 radical (unpaired) electrons. The van der Waals surface area contributed by atoms with E-state index in [4.69, 9.17) is 9.84 Å². The Morgan fingerprint density at radius 2 is 1.45 bits per heavy atom. The van der Waals surface area contributed by atoms with Crippen molar-refractivity contribution in [2.24, 2.45) is 5.92 Å². The lowest BCUT2D eigenvalue weighted by Crippen LogP contribution is -2.53. The first kappa shape index (κ1) is 20.8. The standard InChI is InChI=1S/C26H22N2O5/c29-24(28-13-17(14-28)25(30)31)16-9-11-18(12-10-16)27-26(32)33-15-23-21-7-3-1-5-19(21)20-6-2-4-8-22(20)23/h1-12,17,23H,13-15H2,(H,27,32)(H,30,31). The lowest BCUT2D eigenvalue weighted by Gasteiger charge is -2.36. The molecule has 0 spiro atoms. The Balaban J connectivity index is 1.18. The van der Waals surface area contributed by atoms with Crippen LogP contribution in [0.15, 0.2) is 72.8 Å². The number of amides is 2. The third-order valence-corrected chi connectivity index (χ3v) is 6.24. The molecular formula is C26H22N2O5. The maximum atomic E-state index is 12.4. The number of aliphatic carboxylic acids is 1. The van der Waals surface area contributed by atoms with Gasteiger partial charge in [-0.25, -0.2) is 4.79 Å². The van der Waals surface area contributed by atoms with Gasteiger partial charge in [0.1, 0.15) is 6.61 Å². The number of likely N-dealkylation sites (tertiary alicyclic amines) is 1. The second-order valence-corrected chi connectivity index (χ2v) is 8.27. The van der Waals surface area contributed by atoms with Gasteiger partial charge < -0.3 is 14.7 Å². The molecule has 0 saturated carbocycles. The average Bonchev–Trinajstić information content (AvgIpc) is 3.11. The summed E-state index contributed by atoms with van der Waals surface area (Å²) in [5, 5.41) is 11.6. The molecule has 2 N–H and O–H groups in total. The monoisotopic (exact) mass is 442 g/mol. The summed E-state index contributed by atoms with van der Waals surface area (Å²) in [6.07, 6.45) is -0.567. The molecule has 7 nitrogen and oxygen atoms in total. The number of carbonyl (C=O) groups is 3. The fraction of sp³-hybridized carbons (Fsp3) is 0.192. The Morgan fingerprint density at radius 3 is 2.03 bits per heavy atom. The third-order valence-electron chi connectivity index (χ3n) is 6.24. The largest absolute Gasteiger partial charge is 0.481 e. The van der Waals surface area contributed by atoms with Gasteiger partial charge in [0.05, 0.1) is 5.92 Å². The van der Waals surface area contributed by atoms with E-state index >= 15 is 0 Å². The molecule has 1 heterocycles. The number of fused-ring (bicyclic) bond motifs is 3. The Hall–Kier alpha value is -4.13. The van der Waals surface area contributed by atoms with E-state index in [0.717, 1.165) is 11.1 Å². The van der Waals surface area contributed by atoms with Crippen molar-refractivity contribution in [1.29, 1.82) is 0 Å². The van der Waals surface area contributed by atoms with Crippen LogP contribution in [0, 0.1) is 5.92 Å². The summed E-state index contributed by atoms with van der Waals surface area (Å²) in [6, 6.07) is 22.8. The minimum absolute atomic E-state index is 0.0192. The van der Waals surface area contributed by atoms with Gasteiger partial charge in [0.25, 0.3) is 5.91 Å². The summed E-state index contributed by atoms with van der Waals surface area (Å²) in [5.74, 6) is -1.63. The first-order valence-electron chi connectivity index (χ1n) is 10.8. The zero-order valence-electron chi connectivity index (χ0n) is 17.7. The van der Waals surface area contributed by atoms with E-state index in [9.17, 15) is 14.4 Å². The Kier molecular flexibility index (Phi) is 5.30. The van der Waals surface area contributed by atoms with Crippen LogP contribution in [0.5, 0.6) is 0 Å². The Morgan fingerprint density at radius 1 is 0.879 bits per heavy atom. The maximum Gasteiger partial charge on any atom is 0.411 e. The highest BCUT2D eigenvalue weighted by Gasteiger charge is 2.36. The van der Waals surface area contributed by atoms with Gasteiger partial charge in [-0.15, -0.1) is 0 Å². The molecule has 1 fully saturated rings. The SMILES string of the molecule is O=C(Nc1ccc(C(=O)N2CC(C(=O)O)C2)cc1)OCC1c2ccccc2-c2ccccc21. The molecule has 0 atom stereocenters. The van der Waals surface area contributed by atoms with Crippen molar-refractivity contribution in [3.8, 4) is 11.1 Å². The predicted octanol–water partition coefficient (Wildman–Crippen LogP) is 4.20. The van der Waals surface area contributed by atoms with Crippen LogP contribution in [0.3, 0.4) is 0 Å². The van der Waals surface area contributed by atoms with Crippen molar-refractivity contribution in [1.82, 2.24) is 4.90 Å². The number of benzene rings is 3. The van der Waals surface area contributed by atoms with Crippen LogP contribution >= 0.6 is 0 Å². The van der Waals surface area contributed by atoms with Crippen LogP contribution < -0.4 is 5.32 Å². The van der Waals surface area contributed by atoms with E-state index in [1.807, 2.05) is 24.3 Å². The minimum Gasteiger partial charge on any atom is -0.481 e. The van der Waals surface area contributed by atoms with Gasteiger partial charge in [-0.05, 0) is 46.5 Å². The van der Waals surface area contributed by atoms with E-state index in [0.29, 0.717) is 11.3 Å². The molecular weight excluding hydrogens is 420 g/mol. The smallest absolute Gasteiger partial charge is 0.411 e. The molecule has 3 aromatic rings. The van der Waals surface area contributed by atoms with Gasteiger partial charge in [-0.3, -0.25) is 14.9 Å². The maximum absolute atomic E-state index is 12.4. The highest BCUT2D eigenvalue weighted by Crippen LogP contribution is 2.44. The lowest BCUT2D eigenvalue weighted by molar-refractivity contribution is -0.146. The second-order valence-electron chi connectivity index (χ2n) is 8.27. The number of anilines is 1. The molecule has 0 unspecified atom stereocenters. The molecule has 0 aromatic heterocycles. The van der Waals surface area contributed by atoms with Crippen LogP contribution in [0.25, 0.3) is 11.1 Å². The normalized spacial score (nSPS) is 14.7. The molecule has 3 aromatic carbocycles. The summed E-state index contributed by atoms with van der Waals surface area (Å²) in [6.45, 7) is 0.651. The molecule has 2 aliphatic rings. The lowest BCUT2D eigenvalue weighted by atomic mass is 9.98. The van der Waals surface area contributed by atoms with E-state index in [1.165, 1.54) is 16.0 Å². The number of carboxylic acids is 1. The van der Waals surface area contributed by atoms with Crippen LogP contribution in [0.1, 0.15) is 27.4 Å². The van der Waals surface area contributed by atoms with E-state index in [1.54, 1.807) is 24.3 Å². The van der Waals surface area contributed by atoms with Crippen molar-refractivity contribution in [3.63, 3.8) is 0 Å². The van der Waals surface area contributed by atoms with Crippen molar-refractivity contribution in [3.05, 3.63) is 89.5 Å². The first-order valence-corrected chi connectivity index (χ1v) is 10.8. The van der Waals surface area contributed by atoms with Gasteiger partial charge in [-0.2, -0.15) is 0 Å². The number of ether oxygens (including phenoxy) is 1. The molecule has 1 aliphatic heterocycles.